The van der Waals surface area contributed by atoms with E-state index in [1.165, 1.54) is 25.7 Å². The molecule has 30 heavy (non-hydrogen) atoms. The molecule has 168 valence electrons. The van der Waals surface area contributed by atoms with Crippen LogP contribution in [0.2, 0.25) is 0 Å². The summed E-state index contributed by atoms with van der Waals surface area (Å²) in [4.78, 5) is 0. The van der Waals surface area contributed by atoms with Crippen molar-refractivity contribution in [1.82, 2.24) is 0 Å². The first-order chi connectivity index (χ1) is 14.3. The third-order valence-corrected chi connectivity index (χ3v) is 12.0. The summed E-state index contributed by atoms with van der Waals surface area (Å²) in [5.74, 6) is 5.40. The average molecular weight is 417 g/mol. The summed E-state index contributed by atoms with van der Waals surface area (Å²) in [6.45, 7) is 10.8. The fourth-order valence-corrected chi connectivity index (χ4v) is 10.5. The maximum absolute atomic E-state index is 12.3. The maximum Gasteiger partial charge on any atom is 0.155 e. The second kappa shape index (κ2) is 5.66. The van der Waals surface area contributed by atoms with Crippen LogP contribution in [0.5, 0.6) is 0 Å². The largest absolute Gasteiger partial charge is 0.389 e. The third kappa shape index (κ3) is 2.05. The van der Waals surface area contributed by atoms with Crippen molar-refractivity contribution in [2.45, 2.75) is 96.2 Å². The summed E-state index contributed by atoms with van der Waals surface area (Å²) in [7, 11) is 0. The van der Waals surface area contributed by atoms with E-state index in [4.69, 9.17) is 14.2 Å². The van der Waals surface area contributed by atoms with Crippen LogP contribution in [0.3, 0.4) is 0 Å². The Bertz CT molecular complexity index is 764. The van der Waals surface area contributed by atoms with Crippen LogP contribution >= 0.6 is 0 Å². The highest BCUT2D eigenvalue weighted by Gasteiger charge is 2.84. The van der Waals surface area contributed by atoms with Crippen LogP contribution in [-0.2, 0) is 14.2 Å². The molecule has 1 heterocycles. The van der Waals surface area contributed by atoms with Crippen LogP contribution < -0.4 is 0 Å². The van der Waals surface area contributed by atoms with Gasteiger partial charge in [0.1, 0.15) is 5.60 Å². The van der Waals surface area contributed by atoms with Crippen LogP contribution in [0, 0.1) is 52.3 Å². The van der Waals surface area contributed by atoms with Crippen molar-refractivity contribution in [1.29, 1.82) is 0 Å². The van der Waals surface area contributed by atoms with Gasteiger partial charge in [0.05, 0.1) is 18.3 Å². The fourth-order valence-electron chi connectivity index (χ4n) is 10.5. The van der Waals surface area contributed by atoms with E-state index in [-0.39, 0.29) is 23.4 Å². The van der Waals surface area contributed by atoms with Crippen molar-refractivity contribution in [3.63, 3.8) is 0 Å². The topological polar surface area (TPSA) is 51.2 Å². The summed E-state index contributed by atoms with van der Waals surface area (Å²) in [6.07, 6.45) is 8.24. The lowest BCUT2D eigenvalue weighted by molar-refractivity contribution is -0.251. The molecule has 7 aliphatic rings. The number of fused-ring (bicyclic) bond motifs is 12. The number of hydrogen-bond donors (Lipinski definition) is 1. The van der Waals surface area contributed by atoms with E-state index in [0.717, 1.165) is 55.5 Å². The van der Waals surface area contributed by atoms with Gasteiger partial charge in [0.2, 0.25) is 0 Å². The van der Waals surface area contributed by atoms with E-state index in [9.17, 15) is 5.11 Å². The third-order valence-electron chi connectivity index (χ3n) is 12.0. The van der Waals surface area contributed by atoms with Crippen LogP contribution in [0.25, 0.3) is 0 Å². The van der Waals surface area contributed by atoms with E-state index in [1.54, 1.807) is 0 Å². The molecular weight excluding hydrogens is 376 g/mol. The Morgan fingerprint density at radius 3 is 2.50 bits per heavy atom. The average Bonchev–Trinajstić information content (AvgIpc) is 3.56. The highest BCUT2D eigenvalue weighted by molar-refractivity contribution is 5.32. The number of hydrogen-bond acceptors (Lipinski definition) is 4. The molecule has 0 aromatic carbocycles. The van der Waals surface area contributed by atoms with Gasteiger partial charge in [-0.1, -0.05) is 13.8 Å². The Balaban J connectivity index is 1.19. The van der Waals surface area contributed by atoms with Crippen molar-refractivity contribution in [3.05, 3.63) is 0 Å². The predicted molar refractivity (Wildman–Crippen MR) is 113 cm³/mol. The highest BCUT2D eigenvalue weighted by Crippen LogP contribution is 2.84. The van der Waals surface area contributed by atoms with Gasteiger partial charge in [0, 0.05) is 18.4 Å². The molecule has 13 atom stereocenters. The zero-order valence-electron chi connectivity index (χ0n) is 19.2. The first-order valence-corrected chi connectivity index (χ1v) is 12.9. The SMILES string of the molecule is CCOC(C)O[C@H]1CC[C@]2(C)C3CC[C@@]4(C)C(C3C3C[C@H]3[C@]2(O)C1)[C@@H]1CC1[C@@]41CO1. The van der Waals surface area contributed by atoms with Gasteiger partial charge in [-0.25, -0.2) is 0 Å². The summed E-state index contributed by atoms with van der Waals surface area (Å²) < 4.78 is 18.1. The summed E-state index contributed by atoms with van der Waals surface area (Å²) >= 11 is 0. The molecule has 6 aliphatic carbocycles. The van der Waals surface area contributed by atoms with Crippen molar-refractivity contribution in [3.8, 4) is 0 Å². The first-order valence-electron chi connectivity index (χ1n) is 12.9. The van der Waals surface area contributed by atoms with Gasteiger partial charge in [-0.3, -0.25) is 0 Å². The zero-order valence-corrected chi connectivity index (χ0v) is 19.2. The number of epoxide rings is 1. The van der Waals surface area contributed by atoms with Gasteiger partial charge in [-0.05, 0) is 99.2 Å². The molecule has 6 saturated carbocycles. The Kier molecular flexibility index (Phi) is 3.65. The molecule has 1 saturated heterocycles. The van der Waals surface area contributed by atoms with E-state index < -0.39 is 5.60 Å². The van der Waals surface area contributed by atoms with Crippen LogP contribution in [0.15, 0.2) is 0 Å². The van der Waals surface area contributed by atoms with Crippen molar-refractivity contribution < 1.29 is 19.3 Å². The standard InChI is InChI=1S/C26H40O4/c1-5-28-14(2)30-15-6-8-23(3)18-7-9-24(4)22(17-11-20(17)26(24)13-29-26)21(18)16-10-19(16)25(23,27)12-15/h14-22,27H,5-13H2,1-4H3/t14?,15-,16?,17+,18?,19+,20?,21?,22?,23+,24-,25+,26-/m0/s1. The van der Waals surface area contributed by atoms with Gasteiger partial charge in [-0.2, -0.15) is 0 Å². The molecule has 0 aromatic rings. The molecule has 0 bridgehead atoms. The molecular formula is C26H40O4. The van der Waals surface area contributed by atoms with Gasteiger partial charge >= 0.3 is 0 Å². The van der Waals surface area contributed by atoms with Gasteiger partial charge in [0.15, 0.2) is 6.29 Å². The molecule has 6 unspecified atom stereocenters. The quantitative estimate of drug-likeness (QED) is 0.545. The molecule has 1 aliphatic heterocycles. The molecule has 0 amide bonds. The Morgan fingerprint density at radius 1 is 1.03 bits per heavy atom. The minimum absolute atomic E-state index is 0.0515. The first kappa shape index (κ1) is 19.3. The van der Waals surface area contributed by atoms with Gasteiger partial charge in [0.25, 0.3) is 0 Å². The van der Waals surface area contributed by atoms with Gasteiger partial charge < -0.3 is 19.3 Å². The highest BCUT2D eigenvalue weighted by atomic mass is 16.7. The zero-order chi connectivity index (χ0) is 20.7. The lowest BCUT2D eigenvalue weighted by Crippen LogP contribution is -2.65. The van der Waals surface area contributed by atoms with E-state index in [2.05, 4.69) is 13.8 Å². The molecule has 7 rings (SSSR count). The fraction of sp³-hybridized carbons (Fsp3) is 1.00. The van der Waals surface area contributed by atoms with Gasteiger partial charge in [-0.15, -0.1) is 0 Å². The Hall–Kier alpha value is -0.160. The van der Waals surface area contributed by atoms with Crippen molar-refractivity contribution in [2.75, 3.05) is 13.2 Å². The normalized spacial score (nSPS) is 65.1. The number of aliphatic hydroxyl groups is 1. The molecule has 1 N–H and O–H groups in total. The molecule has 4 nitrogen and oxygen atoms in total. The summed E-state index contributed by atoms with van der Waals surface area (Å²) in [5, 5.41) is 12.3. The summed E-state index contributed by atoms with van der Waals surface area (Å²) in [6, 6.07) is 0. The lowest BCUT2D eigenvalue weighted by atomic mass is 9.42. The lowest BCUT2D eigenvalue weighted by Gasteiger charge is -2.64. The van der Waals surface area contributed by atoms with Crippen LogP contribution in [-0.4, -0.2) is 41.9 Å². The van der Waals surface area contributed by atoms with E-state index >= 15 is 0 Å². The van der Waals surface area contributed by atoms with Crippen molar-refractivity contribution >= 4 is 0 Å². The van der Waals surface area contributed by atoms with Crippen LogP contribution in [0.1, 0.15) is 72.6 Å². The van der Waals surface area contributed by atoms with E-state index in [1.807, 2.05) is 13.8 Å². The maximum atomic E-state index is 12.3. The Labute approximate surface area is 181 Å². The van der Waals surface area contributed by atoms with Crippen LogP contribution in [0.4, 0.5) is 0 Å². The second-order valence-electron chi connectivity index (χ2n) is 12.7. The molecule has 4 heteroatoms. The van der Waals surface area contributed by atoms with Crippen molar-refractivity contribution in [2.24, 2.45) is 52.3 Å². The molecule has 1 spiro atoms. The number of ether oxygens (including phenoxy) is 3. The Morgan fingerprint density at radius 2 is 1.77 bits per heavy atom. The minimum Gasteiger partial charge on any atom is -0.389 e. The molecule has 0 radical (unpaired) electrons. The smallest absolute Gasteiger partial charge is 0.155 e. The minimum atomic E-state index is -0.545. The van der Waals surface area contributed by atoms with E-state index in [0.29, 0.717) is 23.9 Å². The monoisotopic (exact) mass is 416 g/mol. The second-order valence-corrected chi connectivity index (χ2v) is 12.7. The predicted octanol–water partition coefficient (Wildman–Crippen LogP) is 4.39. The number of rotatable bonds is 4. The molecule has 0 aromatic heterocycles. The summed E-state index contributed by atoms with van der Waals surface area (Å²) in [5.41, 5.74) is 0.174. The molecule has 7 fully saturated rings.